The Kier molecular flexibility index (Phi) is 4.70. The highest BCUT2D eigenvalue weighted by Gasteiger charge is 2.27. The standard InChI is InChI=1S/C10H21NO2/c1-3-4-12-7-10(11)9-5-8(2)13-6-9/h8-10H,3-7,11H2,1-2H3. The molecule has 0 bridgehead atoms. The van der Waals surface area contributed by atoms with E-state index in [9.17, 15) is 0 Å². The molecular weight excluding hydrogens is 166 g/mol. The Morgan fingerprint density at radius 3 is 2.92 bits per heavy atom. The van der Waals surface area contributed by atoms with Crippen LogP contribution in [0.2, 0.25) is 0 Å². The van der Waals surface area contributed by atoms with Crippen LogP contribution >= 0.6 is 0 Å². The van der Waals surface area contributed by atoms with Crippen LogP contribution in [0.1, 0.15) is 26.7 Å². The first kappa shape index (κ1) is 11.0. The molecule has 1 saturated heterocycles. The van der Waals surface area contributed by atoms with Crippen molar-refractivity contribution in [3.8, 4) is 0 Å². The first-order chi connectivity index (χ1) is 6.24. The van der Waals surface area contributed by atoms with Gasteiger partial charge in [-0.3, -0.25) is 0 Å². The van der Waals surface area contributed by atoms with Crippen molar-refractivity contribution in [1.82, 2.24) is 0 Å². The average molecular weight is 187 g/mol. The van der Waals surface area contributed by atoms with Gasteiger partial charge in [-0.05, 0) is 19.8 Å². The van der Waals surface area contributed by atoms with Gasteiger partial charge in [0.05, 0.1) is 19.3 Å². The summed E-state index contributed by atoms with van der Waals surface area (Å²) in [6, 6.07) is 0.150. The monoisotopic (exact) mass is 187 g/mol. The van der Waals surface area contributed by atoms with Crippen LogP contribution in [0.3, 0.4) is 0 Å². The Morgan fingerprint density at radius 1 is 1.62 bits per heavy atom. The third kappa shape index (κ3) is 3.63. The van der Waals surface area contributed by atoms with Crippen LogP contribution in [0, 0.1) is 5.92 Å². The molecule has 78 valence electrons. The van der Waals surface area contributed by atoms with Gasteiger partial charge in [-0.1, -0.05) is 6.92 Å². The third-order valence-electron chi connectivity index (χ3n) is 2.49. The lowest BCUT2D eigenvalue weighted by molar-refractivity contribution is 0.0925. The fourth-order valence-electron chi connectivity index (χ4n) is 1.65. The predicted molar refractivity (Wildman–Crippen MR) is 52.6 cm³/mol. The Labute approximate surface area is 80.6 Å². The van der Waals surface area contributed by atoms with Gasteiger partial charge in [0.1, 0.15) is 0 Å². The fraction of sp³-hybridized carbons (Fsp3) is 1.00. The van der Waals surface area contributed by atoms with E-state index in [-0.39, 0.29) is 6.04 Å². The van der Waals surface area contributed by atoms with Crippen molar-refractivity contribution in [2.45, 2.75) is 38.8 Å². The van der Waals surface area contributed by atoms with Gasteiger partial charge in [-0.2, -0.15) is 0 Å². The molecule has 0 aromatic heterocycles. The molecule has 3 nitrogen and oxygen atoms in total. The maximum Gasteiger partial charge on any atom is 0.0621 e. The molecule has 0 radical (unpaired) electrons. The van der Waals surface area contributed by atoms with Crippen molar-refractivity contribution in [3.05, 3.63) is 0 Å². The van der Waals surface area contributed by atoms with Crippen molar-refractivity contribution in [3.63, 3.8) is 0 Å². The summed E-state index contributed by atoms with van der Waals surface area (Å²) in [5.41, 5.74) is 5.98. The Bertz CT molecular complexity index is 141. The van der Waals surface area contributed by atoms with Gasteiger partial charge in [0.25, 0.3) is 0 Å². The van der Waals surface area contributed by atoms with E-state index in [0.717, 1.165) is 26.1 Å². The molecule has 1 aliphatic heterocycles. The van der Waals surface area contributed by atoms with E-state index in [1.165, 1.54) is 0 Å². The molecule has 0 spiro atoms. The maximum atomic E-state index is 5.98. The van der Waals surface area contributed by atoms with E-state index in [4.69, 9.17) is 15.2 Å². The summed E-state index contributed by atoms with van der Waals surface area (Å²) in [7, 11) is 0. The van der Waals surface area contributed by atoms with E-state index in [2.05, 4.69) is 13.8 Å². The first-order valence-electron chi connectivity index (χ1n) is 5.19. The smallest absolute Gasteiger partial charge is 0.0621 e. The molecule has 0 aliphatic carbocycles. The van der Waals surface area contributed by atoms with Gasteiger partial charge in [-0.15, -0.1) is 0 Å². The normalized spacial score (nSPS) is 30.7. The van der Waals surface area contributed by atoms with Crippen molar-refractivity contribution in [2.75, 3.05) is 19.8 Å². The number of rotatable bonds is 5. The summed E-state index contributed by atoms with van der Waals surface area (Å²) >= 11 is 0. The summed E-state index contributed by atoms with van der Waals surface area (Å²) in [6.45, 7) is 6.50. The minimum atomic E-state index is 0.150. The highest BCUT2D eigenvalue weighted by molar-refractivity contribution is 4.79. The summed E-state index contributed by atoms with van der Waals surface area (Å²) in [5, 5.41) is 0. The van der Waals surface area contributed by atoms with Gasteiger partial charge < -0.3 is 15.2 Å². The van der Waals surface area contributed by atoms with Crippen LogP contribution in [0.15, 0.2) is 0 Å². The van der Waals surface area contributed by atoms with E-state index in [1.807, 2.05) is 0 Å². The fourth-order valence-corrected chi connectivity index (χ4v) is 1.65. The van der Waals surface area contributed by atoms with E-state index >= 15 is 0 Å². The second kappa shape index (κ2) is 5.58. The molecule has 1 rings (SSSR count). The molecule has 0 aromatic rings. The van der Waals surface area contributed by atoms with E-state index in [0.29, 0.717) is 18.6 Å². The lowest BCUT2D eigenvalue weighted by Crippen LogP contribution is -2.35. The topological polar surface area (TPSA) is 44.5 Å². The molecule has 0 saturated carbocycles. The molecule has 0 aromatic carbocycles. The van der Waals surface area contributed by atoms with Crippen LogP contribution in [0.5, 0.6) is 0 Å². The van der Waals surface area contributed by atoms with Crippen molar-refractivity contribution in [2.24, 2.45) is 11.7 Å². The zero-order valence-electron chi connectivity index (χ0n) is 8.66. The summed E-state index contributed by atoms with van der Waals surface area (Å²) < 4.78 is 10.9. The highest BCUT2D eigenvalue weighted by Crippen LogP contribution is 2.21. The van der Waals surface area contributed by atoms with Crippen molar-refractivity contribution >= 4 is 0 Å². The zero-order valence-corrected chi connectivity index (χ0v) is 8.66. The molecule has 1 aliphatic rings. The number of ether oxygens (including phenoxy) is 2. The highest BCUT2D eigenvalue weighted by atomic mass is 16.5. The average Bonchev–Trinajstić information content (AvgIpc) is 2.52. The quantitative estimate of drug-likeness (QED) is 0.657. The Balaban J connectivity index is 2.12. The molecule has 0 amide bonds. The number of hydrogen-bond donors (Lipinski definition) is 1. The van der Waals surface area contributed by atoms with Gasteiger partial charge in [-0.25, -0.2) is 0 Å². The molecule has 2 N–H and O–H groups in total. The minimum Gasteiger partial charge on any atom is -0.380 e. The predicted octanol–water partition coefficient (Wildman–Crippen LogP) is 1.17. The second-order valence-electron chi connectivity index (χ2n) is 3.88. The molecule has 1 fully saturated rings. The van der Waals surface area contributed by atoms with E-state index in [1.54, 1.807) is 0 Å². The molecule has 13 heavy (non-hydrogen) atoms. The Morgan fingerprint density at radius 2 is 2.38 bits per heavy atom. The van der Waals surface area contributed by atoms with E-state index < -0.39 is 0 Å². The van der Waals surface area contributed by atoms with Crippen LogP contribution in [0.25, 0.3) is 0 Å². The maximum absolute atomic E-state index is 5.98. The van der Waals surface area contributed by atoms with Crippen LogP contribution in [0.4, 0.5) is 0 Å². The molecular formula is C10H21NO2. The van der Waals surface area contributed by atoms with Gasteiger partial charge in [0, 0.05) is 18.6 Å². The summed E-state index contributed by atoms with van der Waals surface area (Å²) in [5.74, 6) is 0.492. The summed E-state index contributed by atoms with van der Waals surface area (Å²) in [4.78, 5) is 0. The van der Waals surface area contributed by atoms with Crippen LogP contribution in [-0.2, 0) is 9.47 Å². The summed E-state index contributed by atoms with van der Waals surface area (Å²) in [6.07, 6.45) is 2.52. The van der Waals surface area contributed by atoms with Crippen molar-refractivity contribution < 1.29 is 9.47 Å². The zero-order chi connectivity index (χ0) is 9.68. The molecule has 3 heteroatoms. The first-order valence-corrected chi connectivity index (χ1v) is 5.19. The Hall–Kier alpha value is -0.120. The molecule has 1 heterocycles. The second-order valence-corrected chi connectivity index (χ2v) is 3.88. The van der Waals surface area contributed by atoms with Crippen LogP contribution in [-0.4, -0.2) is 32.0 Å². The van der Waals surface area contributed by atoms with Gasteiger partial charge in [0.2, 0.25) is 0 Å². The third-order valence-corrected chi connectivity index (χ3v) is 2.49. The van der Waals surface area contributed by atoms with Gasteiger partial charge in [0.15, 0.2) is 0 Å². The molecule has 3 atom stereocenters. The lowest BCUT2D eigenvalue weighted by atomic mass is 9.98. The minimum absolute atomic E-state index is 0.150. The lowest BCUT2D eigenvalue weighted by Gasteiger charge is -2.17. The van der Waals surface area contributed by atoms with Gasteiger partial charge >= 0.3 is 0 Å². The molecule has 3 unspecified atom stereocenters. The SMILES string of the molecule is CCCOCC(N)C1COC(C)C1. The number of nitrogens with two attached hydrogens (primary N) is 1. The largest absolute Gasteiger partial charge is 0.380 e. The van der Waals surface area contributed by atoms with Crippen LogP contribution < -0.4 is 5.73 Å². The van der Waals surface area contributed by atoms with Crippen molar-refractivity contribution in [1.29, 1.82) is 0 Å². The number of hydrogen-bond acceptors (Lipinski definition) is 3.